The first-order valence-electron chi connectivity index (χ1n) is 19.1. The van der Waals surface area contributed by atoms with Crippen LogP contribution in [0.2, 0.25) is 0 Å². The van der Waals surface area contributed by atoms with Gasteiger partial charge in [-0.3, -0.25) is 24.7 Å². The number of hydrogen-bond donors (Lipinski definition) is 10. The summed E-state index contributed by atoms with van der Waals surface area (Å²) in [6.07, 6.45) is 10.3. The molecule has 2 aromatic rings. The molecule has 0 bridgehead atoms. The standard InChI is InChI=1S/C27H46O.C6H12O6.C5H4N4O3/c1-18(2)7-6-8-19(3)23-11-12-24-22-10-9-20-17-21(28)13-15-26(20,4)25(22)14-16-27(23,24)5;7-1-3(9)5(11)6(12)4(10)2-8;10-3-1-2(7-4(11)6-1)8-5(12)9-3/h9,18-19,21-25,28H,6-8,10-17H2,1-5H3;1,3-6,8-12H,2H2;(H4,6,7,8,9,10,11,12)/t19?,21-,22-,23+,24-,25-,26-,27+;;/m0../s1. The van der Waals surface area contributed by atoms with Crippen LogP contribution in [0.15, 0.2) is 26.0 Å². The Hall–Kier alpha value is -2.88. The number of hydrogen-bond acceptors (Lipinski definition) is 10. The Labute approximate surface area is 304 Å². The normalized spacial score (nSPS) is 32.4. The largest absolute Gasteiger partial charge is 0.394 e. The lowest BCUT2D eigenvalue weighted by molar-refractivity contribution is -0.136. The Morgan fingerprint density at radius 2 is 1.54 bits per heavy atom. The second-order valence-corrected chi connectivity index (χ2v) is 16.8. The van der Waals surface area contributed by atoms with Crippen molar-refractivity contribution in [1.82, 2.24) is 19.9 Å². The summed E-state index contributed by atoms with van der Waals surface area (Å²) in [6.45, 7) is 11.8. The van der Waals surface area contributed by atoms with Gasteiger partial charge in [0, 0.05) is 0 Å². The zero-order valence-corrected chi connectivity index (χ0v) is 31.3. The number of carbonyl (C=O) groups is 1. The van der Waals surface area contributed by atoms with Crippen molar-refractivity contribution in [2.24, 2.45) is 46.3 Å². The number of carbonyl (C=O) groups excluding carboxylic acids is 1. The van der Waals surface area contributed by atoms with E-state index in [2.05, 4.69) is 55.6 Å². The van der Waals surface area contributed by atoms with Crippen LogP contribution >= 0.6 is 0 Å². The van der Waals surface area contributed by atoms with Gasteiger partial charge in [0.05, 0.1) is 12.7 Å². The highest BCUT2D eigenvalue weighted by Crippen LogP contribution is 2.67. The maximum atomic E-state index is 10.9. The van der Waals surface area contributed by atoms with Crippen molar-refractivity contribution in [2.45, 2.75) is 136 Å². The molecule has 0 aromatic carbocycles. The van der Waals surface area contributed by atoms with E-state index in [1.807, 2.05) is 4.98 Å². The average Bonchev–Trinajstić information content (AvgIpc) is 3.66. The number of rotatable bonds is 10. The fourth-order valence-electron chi connectivity index (χ4n) is 10.2. The first-order valence-corrected chi connectivity index (χ1v) is 19.1. The number of allylic oxidation sites excluding steroid dienone is 1. The molecule has 2 heterocycles. The van der Waals surface area contributed by atoms with Gasteiger partial charge in [-0.15, -0.1) is 0 Å². The van der Waals surface area contributed by atoms with Gasteiger partial charge in [-0.1, -0.05) is 65.5 Å². The molecule has 14 nitrogen and oxygen atoms in total. The van der Waals surface area contributed by atoms with Crippen LogP contribution in [0.5, 0.6) is 0 Å². The van der Waals surface area contributed by atoms with Crippen LogP contribution in [-0.2, 0) is 4.79 Å². The molecule has 3 saturated carbocycles. The highest BCUT2D eigenvalue weighted by atomic mass is 16.4. The molecular formula is C38H62N4O10. The zero-order chi connectivity index (χ0) is 38.5. The molecule has 3 fully saturated rings. The molecule has 52 heavy (non-hydrogen) atoms. The fraction of sp³-hybridized carbons (Fsp3) is 0.789. The molecule has 14 heteroatoms. The van der Waals surface area contributed by atoms with Gasteiger partial charge in [-0.05, 0) is 97.7 Å². The summed E-state index contributed by atoms with van der Waals surface area (Å²) >= 11 is 0. The highest BCUT2D eigenvalue weighted by Gasteiger charge is 2.59. The van der Waals surface area contributed by atoms with Crippen LogP contribution < -0.4 is 16.9 Å². The minimum Gasteiger partial charge on any atom is -0.394 e. The van der Waals surface area contributed by atoms with Crippen molar-refractivity contribution in [3.05, 3.63) is 43.0 Å². The van der Waals surface area contributed by atoms with E-state index >= 15 is 0 Å². The summed E-state index contributed by atoms with van der Waals surface area (Å²) in [6, 6.07) is 0. The van der Waals surface area contributed by atoms with E-state index in [1.54, 1.807) is 5.57 Å². The molecule has 6 rings (SSSR count). The summed E-state index contributed by atoms with van der Waals surface area (Å²) < 4.78 is 0. The monoisotopic (exact) mass is 734 g/mol. The lowest BCUT2D eigenvalue weighted by Gasteiger charge is -2.58. The molecular weight excluding hydrogens is 672 g/mol. The Kier molecular flexibility index (Phi) is 14.1. The van der Waals surface area contributed by atoms with Crippen LogP contribution in [0.1, 0.15) is 105 Å². The van der Waals surface area contributed by atoms with Crippen molar-refractivity contribution in [3.8, 4) is 0 Å². The number of imidazole rings is 1. The third kappa shape index (κ3) is 9.07. The van der Waals surface area contributed by atoms with Gasteiger partial charge in [0.25, 0.3) is 5.56 Å². The molecule has 0 spiro atoms. The SMILES string of the molecule is CC(C)CCCC(C)[C@H]1CC[C@H]2[C@@H]3CC=C4C[C@@H](O)CC[C@]4(C)[C@H]3CC[C@]12C.O=CC(O)C(O)C(O)C(O)CO.O=c1[nH]c(=O)c2[nH]c(=O)[nH]c2[nH]1. The Morgan fingerprint density at radius 1 is 0.865 bits per heavy atom. The second-order valence-electron chi connectivity index (χ2n) is 16.8. The summed E-state index contributed by atoms with van der Waals surface area (Å²) in [7, 11) is 0. The van der Waals surface area contributed by atoms with E-state index in [-0.39, 0.29) is 23.6 Å². The quantitative estimate of drug-likeness (QED) is 0.126. The van der Waals surface area contributed by atoms with Crippen molar-refractivity contribution >= 4 is 17.5 Å². The second kappa shape index (κ2) is 17.5. The molecule has 0 aliphatic heterocycles. The third-order valence-electron chi connectivity index (χ3n) is 13.1. The lowest BCUT2D eigenvalue weighted by atomic mass is 9.47. The van der Waals surface area contributed by atoms with Gasteiger partial charge >= 0.3 is 11.4 Å². The maximum absolute atomic E-state index is 10.9. The van der Waals surface area contributed by atoms with Gasteiger partial charge in [-0.2, -0.15) is 0 Å². The number of aromatic amines is 4. The minimum absolute atomic E-state index is 0.0258. The first-order chi connectivity index (χ1) is 24.5. The van der Waals surface area contributed by atoms with Gasteiger partial charge in [0.2, 0.25) is 0 Å². The predicted molar refractivity (Wildman–Crippen MR) is 196 cm³/mol. The molecule has 12 atom stereocenters. The van der Waals surface area contributed by atoms with Gasteiger partial charge in [0.15, 0.2) is 6.29 Å². The fourth-order valence-corrected chi connectivity index (χ4v) is 10.2. The topological polar surface area (TPSA) is 253 Å². The predicted octanol–water partition coefficient (Wildman–Crippen LogP) is 2.24. The number of aliphatic hydroxyl groups is 6. The van der Waals surface area contributed by atoms with E-state index in [4.69, 9.17) is 25.5 Å². The number of fused-ring (bicyclic) bond motifs is 6. The Morgan fingerprint density at radius 3 is 2.17 bits per heavy atom. The van der Waals surface area contributed by atoms with E-state index in [9.17, 15) is 24.3 Å². The minimum atomic E-state index is -1.79. The number of aliphatic hydroxyl groups excluding tert-OH is 6. The van der Waals surface area contributed by atoms with Crippen molar-refractivity contribution in [2.75, 3.05) is 6.61 Å². The number of aromatic nitrogens is 4. The van der Waals surface area contributed by atoms with E-state index in [0.717, 1.165) is 48.3 Å². The smallest absolute Gasteiger partial charge is 0.327 e. The number of nitrogens with one attached hydrogen (secondary N) is 4. The van der Waals surface area contributed by atoms with Crippen molar-refractivity contribution < 1.29 is 35.4 Å². The summed E-state index contributed by atoms with van der Waals surface area (Å²) in [4.78, 5) is 50.9. The molecule has 0 radical (unpaired) electrons. The zero-order valence-electron chi connectivity index (χ0n) is 31.3. The van der Waals surface area contributed by atoms with Crippen LogP contribution in [-0.4, -0.2) is 94.0 Å². The van der Waals surface area contributed by atoms with Crippen LogP contribution in [0, 0.1) is 46.3 Å². The summed E-state index contributed by atoms with van der Waals surface area (Å²) in [5.41, 5.74) is 0.951. The Balaban J connectivity index is 0.000000208. The summed E-state index contributed by atoms with van der Waals surface area (Å²) in [5.74, 6) is 5.46. The average molecular weight is 735 g/mol. The van der Waals surface area contributed by atoms with E-state index in [1.165, 1.54) is 57.8 Å². The van der Waals surface area contributed by atoms with E-state index < -0.39 is 48.0 Å². The Bertz CT molecular complexity index is 1680. The van der Waals surface area contributed by atoms with Gasteiger partial charge in [-0.25, -0.2) is 9.59 Å². The molecule has 0 saturated heterocycles. The molecule has 4 aliphatic rings. The van der Waals surface area contributed by atoms with Gasteiger partial charge in [0.1, 0.15) is 35.6 Å². The molecule has 0 amide bonds. The first kappa shape index (κ1) is 41.9. The molecule has 4 aliphatic carbocycles. The number of aldehydes is 1. The lowest BCUT2D eigenvalue weighted by Crippen LogP contribution is -2.50. The third-order valence-corrected chi connectivity index (χ3v) is 13.1. The van der Waals surface area contributed by atoms with Gasteiger partial charge < -0.3 is 35.4 Å². The number of H-pyrrole nitrogens is 4. The molecule has 10 N–H and O–H groups in total. The highest BCUT2D eigenvalue weighted by molar-refractivity contribution is 5.67. The van der Waals surface area contributed by atoms with E-state index in [0.29, 0.717) is 10.8 Å². The van der Waals surface area contributed by atoms with Crippen LogP contribution in [0.4, 0.5) is 0 Å². The molecule has 5 unspecified atom stereocenters. The maximum Gasteiger partial charge on any atom is 0.327 e. The van der Waals surface area contributed by atoms with Crippen molar-refractivity contribution in [1.29, 1.82) is 0 Å². The molecule has 2 aromatic heterocycles. The summed E-state index contributed by atoms with van der Waals surface area (Å²) in [5, 5.41) is 53.7. The van der Waals surface area contributed by atoms with Crippen molar-refractivity contribution in [3.63, 3.8) is 0 Å². The van der Waals surface area contributed by atoms with Crippen LogP contribution in [0.3, 0.4) is 0 Å². The molecule has 294 valence electrons. The van der Waals surface area contributed by atoms with Crippen LogP contribution in [0.25, 0.3) is 11.2 Å².